The number of methoxy groups -OCH3 is 3. The van der Waals surface area contributed by atoms with Gasteiger partial charge in [0.2, 0.25) is 0 Å². The van der Waals surface area contributed by atoms with Crippen LogP contribution < -0.4 is 0 Å². The molecule has 3 N–H and O–H groups in total. The summed E-state index contributed by atoms with van der Waals surface area (Å²) in [6.07, 6.45) is 48.7. The van der Waals surface area contributed by atoms with Gasteiger partial charge in [0.25, 0.3) is 0 Å². The minimum absolute atomic E-state index is 0.137. The zero-order valence-corrected chi connectivity index (χ0v) is 72.0. The Morgan fingerprint density at radius 3 is 0.991 bits per heavy atom. The summed E-state index contributed by atoms with van der Waals surface area (Å²) in [5.74, 6) is 3.69. The quantitative estimate of drug-likeness (QED) is 0.0234. The highest BCUT2D eigenvalue weighted by atomic mass is 127. The summed E-state index contributed by atoms with van der Waals surface area (Å²) in [6, 6.07) is 56.5. The number of aromatic nitrogens is 5. The third-order valence-corrected chi connectivity index (χ3v) is 25.6. The van der Waals surface area contributed by atoms with Gasteiger partial charge in [-0.3, -0.25) is 0 Å². The van der Waals surface area contributed by atoms with E-state index in [1.54, 1.807) is 6.07 Å². The van der Waals surface area contributed by atoms with Crippen molar-refractivity contribution in [3.63, 3.8) is 0 Å². The Morgan fingerprint density at radius 1 is 0.383 bits per heavy atom. The Balaban J connectivity index is 0.000000145. The maximum Gasteiger partial charge on any atom is 0.354 e. The minimum atomic E-state index is -0.337. The van der Waals surface area contributed by atoms with E-state index in [-0.39, 0.29) is 36.9 Å². The minimum Gasteiger partial charge on any atom is -0.464 e. The molecule has 620 valence electrons. The molecule has 0 atom stereocenters. The van der Waals surface area contributed by atoms with Crippen LogP contribution in [0.3, 0.4) is 0 Å². The zero-order chi connectivity index (χ0) is 80.8. The lowest BCUT2D eigenvalue weighted by atomic mass is 9.86. The predicted octanol–water partition coefficient (Wildman–Crippen LogP) is 26.8. The van der Waals surface area contributed by atoms with Crippen LogP contribution in [0.2, 0.25) is 5.02 Å². The number of aliphatic hydroxyl groups is 2. The number of carbonyl (C=O) groups excluding carboxylic acids is 3. The second-order valence-electron chi connectivity index (χ2n) is 32.6. The summed E-state index contributed by atoms with van der Waals surface area (Å²) >= 11 is 7.93. The number of H-pyrrole nitrogens is 1. The first-order valence-electron chi connectivity index (χ1n) is 43.7. The van der Waals surface area contributed by atoms with Crippen molar-refractivity contribution in [1.82, 2.24) is 23.3 Å². The first-order chi connectivity index (χ1) is 56.4. The third kappa shape index (κ3) is 28.0. The Labute approximate surface area is 703 Å². The topological polar surface area (TPSA) is 155 Å². The molecule has 0 bridgehead atoms. The number of benzene rings is 6. The number of hydrogen-bond donors (Lipinski definition) is 3. The molecule has 0 aliphatic heterocycles. The summed E-state index contributed by atoms with van der Waals surface area (Å²) in [6.45, 7) is 4.15. The third-order valence-electron chi connectivity index (χ3n) is 24.6. The van der Waals surface area contributed by atoms with E-state index < -0.39 is 0 Å². The average molecular weight is 1700 g/mol. The molecule has 115 heavy (non-hydrogen) atoms. The van der Waals surface area contributed by atoms with Crippen LogP contribution in [0.4, 0.5) is 4.39 Å². The number of ether oxygens (including phenoxy) is 3. The standard InChI is InChI=1S/2C19H25NO2.2C18H25NO.C10H9NO2.C9H17I.C6H4ClF/c2*1-22-19(21)18-14-16-11-5-6-12-17(16)20(18)13-7-10-15-8-3-2-4-9-15;2*20-14-17-13-16-10-4-5-11-18(16)19(17)12-6-9-15-7-2-1-3-8-15;1-13-10(12)9-6-7-4-2-3-5-8(7)11-9;10-8-4-7-9-5-2-1-3-6-9;7-5-1-3-6(8)4-2-5/h2*5-6,11-12,14-15H,2-4,7-10,13H2,1H3;2*4-5,10-11,13,15,20H,1-3,6-9,12,14H2;2-6,11H,1H3;9H,1-8H2;1-4H. The van der Waals surface area contributed by atoms with Crippen LogP contribution in [-0.2, 0) is 53.6 Å². The fourth-order valence-electron chi connectivity index (χ4n) is 18.4. The van der Waals surface area contributed by atoms with E-state index in [0.29, 0.717) is 22.1 Å². The fraction of sp³-hybridized carbons (Fsp3) is 0.505. The molecular weight excluding hydrogens is 1570 g/mol. The van der Waals surface area contributed by atoms with Crippen molar-refractivity contribution >= 4 is 107 Å². The van der Waals surface area contributed by atoms with Crippen molar-refractivity contribution in [3.8, 4) is 0 Å². The number of para-hydroxylation sites is 5. The van der Waals surface area contributed by atoms with Crippen LogP contribution in [0.15, 0.2) is 176 Å². The number of aromatic amines is 1. The second kappa shape index (κ2) is 49.5. The van der Waals surface area contributed by atoms with Crippen LogP contribution >= 0.6 is 34.2 Å². The molecule has 5 fully saturated rings. The molecule has 0 radical (unpaired) electrons. The number of nitrogens with one attached hydrogen (secondary N) is 1. The molecule has 6 aromatic carbocycles. The van der Waals surface area contributed by atoms with Gasteiger partial charge in [0.05, 0.1) is 34.5 Å². The molecular formula is C99H130ClFIN5O8. The molecule has 5 heterocycles. The number of aryl methyl sites for hydroxylation is 4. The maximum atomic E-state index is 12.0. The number of carbonyl (C=O) groups is 3. The molecule has 0 spiro atoms. The predicted molar refractivity (Wildman–Crippen MR) is 481 cm³/mol. The molecule has 16 heteroatoms. The molecule has 0 unspecified atom stereocenters. The van der Waals surface area contributed by atoms with E-state index in [1.807, 2.05) is 60.7 Å². The maximum absolute atomic E-state index is 12.0. The molecule has 16 rings (SSSR count). The van der Waals surface area contributed by atoms with Crippen molar-refractivity contribution in [2.45, 2.75) is 264 Å². The number of fused-ring (bicyclic) bond motifs is 5. The van der Waals surface area contributed by atoms with Gasteiger partial charge in [-0.15, -0.1) is 0 Å². The second-order valence-corrected chi connectivity index (χ2v) is 34.1. The summed E-state index contributed by atoms with van der Waals surface area (Å²) in [5, 5.41) is 25.4. The van der Waals surface area contributed by atoms with E-state index in [0.717, 1.165) is 113 Å². The van der Waals surface area contributed by atoms with Crippen LogP contribution in [0.5, 0.6) is 0 Å². The first kappa shape index (κ1) is 89.6. The molecule has 5 aliphatic carbocycles. The van der Waals surface area contributed by atoms with Crippen LogP contribution in [0.25, 0.3) is 54.5 Å². The highest BCUT2D eigenvalue weighted by Gasteiger charge is 2.22. The van der Waals surface area contributed by atoms with Crippen molar-refractivity contribution in [2.24, 2.45) is 29.6 Å². The molecule has 5 aromatic heterocycles. The molecule has 11 aromatic rings. The van der Waals surface area contributed by atoms with Gasteiger partial charge >= 0.3 is 17.9 Å². The monoisotopic (exact) mass is 1700 g/mol. The van der Waals surface area contributed by atoms with Gasteiger partial charge < -0.3 is 47.7 Å². The van der Waals surface area contributed by atoms with Gasteiger partial charge in [-0.2, -0.15) is 0 Å². The van der Waals surface area contributed by atoms with E-state index >= 15 is 0 Å². The summed E-state index contributed by atoms with van der Waals surface area (Å²) in [5.41, 5.74) is 9.68. The van der Waals surface area contributed by atoms with E-state index in [9.17, 15) is 29.0 Å². The van der Waals surface area contributed by atoms with Gasteiger partial charge in [-0.25, -0.2) is 18.8 Å². The molecule has 0 amide bonds. The van der Waals surface area contributed by atoms with Crippen molar-refractivity contribution in [1.29, 1.82) is 0 Å². The van der Waals surface area contributed by atoms with Crippen molar-refractivity contribution < 1.29 is 43.2 Å². The smallest absolute Gasteiger partial charge is 0.354 e. The largest absolute Gasteiger partial charge is 0.464 e. The van der Waals surface area contributed by atoms with Crippen molar-refractivity contribution in [2.75, 3.05) is 25.8 Å². The van der Waals surface area contributed by atoms with Gasteiger partial charge in [-0.05, 0) is 194 Å². The molecule has 0 saturated heterocycles. The Kier molecular flexibility index (Phi) is 38.6. The number of esters is 3. The highest BCUT2D eigenvalue weighted by Crippen LogP contribution is 2.34. The van der Waals surface area contributed by atoms with E-state index in [2.05, 4.69) is 136 Å². The number of nitrogens with zero attached hydrogens (tertiary/aromatic N) is 4. The van der Waals surface area contributed by atoms with Crippen LogP contribution in [0.1, 0.15) is 268 Å². The Hall–Kier alpha value is -7.70. The lowest BCUT2D eigenvalue weighted by Crippen LogP contribution is -2.12. The summed E-state index contributed by atoms with van der Waals surface area (Å²) < 4.78 is 36.7. The van der Waals surface area contributed by atoms with Gasteiger partial charge in [0, 0.05) is 86.3 Å². The number of alkyl halides is 1. The lowest BCUT2D eigenvalue weighted by molar-refractivity contribution is 0.0580. The Bertz CT molecular complexity index is 4370. The normalized spacial score (nSPS) is 15.7. The summed E-state index contributed by atoms with van der Waals surface area (Å²) in [7, 11) is 4.27. The van der Waals surface area contributed by atoms with E-state index in [4.69, 9.17) is 21.1 Å². The van der Waals surface area contributed by atoms with Gasteiger partial charge in [0.1, 0.15) is 22.9 Å². The summed E-state index contributed by atoms with van der Waals surface area (Å²) in [4.78, 5) is 38.2. The molecule has 5 aliphatic rings. The van der Waals surface area contributed by atoms with E-state index in [1.165, 1.54) is 284 Å². The highest BCUT2D eigenvalue weighted by molar-refractivity contribution is 14.1. The number of hydrogen-bond acceptors (Lipinski definition) is 8. The van der Waals surface area contributed by atoms with Crippen LogP contribution in [0, 0.1) is 35.4 Å². The van der Waals surface area contributed by atoms with Gasteiger partial charge in [-0.1, -0.05) is 286 Å². The fourth-order valence-corrected chi connectivity index (χ4v) is 19.0. The zero-order valence-electron chi connectivity index (χ0n) is 69.1. The first-order valence-corrected chi connectivity index (χ1v) is 45.6. The number of rotatable bonds is 24. The Morgan fingerprint density at radius 2 is 0.678 bits per heavy atom. The SMILES string of the molecule is COC(=O)c1cc2ccccc2[nH]1.COC(=O)c1cc2ccccc2n1CCCC1CCCCC1.COC(=O)c1cc2ccccc2n1CCCC1CCCCC1.Fc1ccc(Cl)cc1.ICCCC1CCCCC1.OCc1cc2ccccc2n1CCCC1CCCCC1.OCc1cc2ccccc2n1CCCC1CCCCC1. The number of halogens is 3. The van der Waals surface area contributed by atoms with Crippen LogP contribution in [-0.4, -0.2) is 77.1 Å². The number of aliphatic hydroxyl groups excluding tert-OH is 2. The molecule has 5 saturated carbocycles. The average Bonchev–Trinajstić information content (AvgIpc) is 1.66. The van der Waals surface area contributed by atoms with Gasteiger partial charge in [0.15, 0.2) is 0 Å². The lowest BCUT2D eigenvalue weighted by Gasteiger charge is -2.21. The molecule has 13 nitrogen and oxygen atoms in total. The van der Waals surface area contributed by atoms with Crippen molar-refractivity contribution in [3.05, 3.63) is 215 Å².